The normalized spacial score (nSPS) is 21.3. The lowest BCUT2D eigenvalue weighted by Gasteiger charge is -2.37. The van der Waals surface area contributed by atoms with Crippen molar-refractivity contribution < 1.29 is 0 Å². The summed E-state index contributed by atoms with van der Waals surface area (Å²) in [6.45, 7) is 4.98. The fraction of sp³-hybridized carbons (Fsp3) is 0.357. The highest BCUT2D eigenvalue weighted by Crippen LogP contribution is 2.25. The Bertz CT molecular complexity index is 304. The van der Waals surface area contributed by atoms with E-state index in [0.29, 0.717) is 6.04 Å². The Labute approximate surface area is 92.4 Å². The van der Waals surface area contributed by atoms with Crippen LogP contribution in [0, 0.1) is 6.42 Å². The molecule has 1 heterocycles. The van der Waals surface area contributed by atoms with Crippen LogP contribution in [0.15, 0.2) is 43.0 Å². The van der Waals surface area contributed by atoms with Gasteiger partial charge in [-0.25, -0.2) is 0 Å². The third-order valence-corrected chi connectivity index (χ3v) is 2.98. The molecule has 15 heavy (non-hydrogen) atoms. The zero-order chi connectivity index (χ0) is 10.5. The summed E-state index contributed by atoms with van der Waals surface area (Å²) in [7, 11) is 0. The molecule has 1 aliphatic heterocycles. The van der Waals surface area contributed by atoms with Gasteiger partial charge in [-0.1, -0.05) is 24.3 Å². The van der Waals surface area contributed by atoms with Gasteiger partial charge in [0.15, 0.2) is 0 Å². The number of hydrogen-bond donors (Lipinski definition) is 0. The second-order valence-electron chi connectivity index (χ2n) is 4.02. The number of piperidine rings is 1. The van der Waals surface area contributed by atoms with Crippen LogP contribution in [0.25, 0.3) is 0 Å². The van der Waals surface area contributed by atoms with Gasteiger partial charge in [0.05, 0.1) is 0 Å². The summed E-state index contributed by atoms with van der Waals surface area (Å²) in [6.07, 6.45) is 7.88. The fourth-order valence-corrected chi connectivity index (χ4v) is 2.23. The van der Waals surface area contributed by atoms with Crippen LogP contribution >= 0.6 is 0 Å². The van der Waals surface area contributed by atoms with Crippen LogP contribution in [-0.4, -0.2) is 12.6 Å². The Morgan fingerprint density at radius 2 is 2.13 bits per heavy atom. The highest BCUT2D eigenvalue weighted by molar-refractivity contribution is 5.47. The van der Waals surface area contributed by atoms with Gasteiger partial charge in [0.2, 0.25) is 0 Å². The van der Waals surface area contributed by atoms with E-state index in [-0.39, 0.29) is 0 Å². The molecule has 1 aromatic carbocycles. The molecule has 0 spiro atoms. The summed E-state index contributed by atoms with van der Waals surface area (Å²) in [5, 5.41) is 0. The highest BCUT2D eigenvalue weighted by atomic mass is 15.2. The van der Waals surface area contributed by atoms with Crippen molar-refractivity contribution in [3.05, 3.63) is 49.4 Å². The average Bonchev–Trinajstić information content (AvgIpc) is 2.31. The van der Waals surface area contributed by atoms with E-state index in [1.54, 1.807) is 0 Å². The minimum atomic E-state index is 0.610. The maximum atomic E-state index is 3.84. The molecule has 0 aliphatic carbocycles. The van der Waals surface area contributed by atoms with E-state index in [4.69, 9.17) is 0 Å². The molecule has 1 atom stereocenters. The first-order valence-electron chi connectivity index (χ1n) is 5.66. The summed E-state index contributed by atoms with van der Waals surface area (Å²) < 4.78 is 0. The average molecular weight is 200 g/mol. The number of hydrogen-bond acceptors (Lipinski definition) is 1. The number of benzene rings is 1. The largest absolute Gasteiger partial charge is 0.368 e. The summed E-state index contributed by atoms with van der Waals surface area (Å²) in [6, 6.07) is 11.3. The standard InChI is InChI=1S/C14H18N/c1-2-8-13-11-6-7-12-15(13)14-9-4-3-5-10-14/h2-6,9-10,13H,1,7-8,11-12H2. The molecule has 1 heteroatoms. The van der Waals surface area contributed by atoms with Crippen LogP contribution in [0.2, 0.25) is 0 Å². The molecular weight excluding hydrogens is 182 g/mol. The molecule has 0 N–H and O–H groups in total. The van der Waals surface area contributed by atoms with E-state index in [2.05, 4.69) is 48.2 Å². The molecule has 1 unspecified atom stereocenters. The lowest BCUT2D eigenvalue weighted by atomic mass is 9.98. The van der Waals surface area contributed by atoms with Crippen molar-refractivity contribution in [2.75, 3.05) is 11.4 Å². The molecule has 0 aromatic heterocycles. The number of para-hydroxylation sites is 1. The maximum Gasteiger partial charge on any atom is 0.0368 e. The predicted molar refractivity (Wildman–Crippen MR) is 65.9 cm³/mol. The van der Waals surface area contributed by atoms with Gasteiger partial charge in [-0.3, -0.25) is 0 Å². The SMILES string of the molecule is C=CCC1C[CH]CCN1c1ccccc1. The summed E-state index contributed by atoms with van der Waals surface area (Å²) in [4.78, 5) is 2.50. The van der Waals surface area contributed by atoms with Crippen LogP contribution in [0.5, 0.6) is 0 Å². The molecule has 1 nitrogen and oxygen atoms in total. The fourth-order valence-electron chi connectivity index (χ4n) is 2.23. The summed E-state index contributed by atoms with van der Waals surface area (Å²) in [5.74, 6) is 0. The molecule has 0 saturated carbocycles. The van der Waals surface area contributed by atoms with Gasteiger partial charge >= 0.3 is 0 Å². The first kappa shape index (κ1) is 10.3. The van der Waals surface area contributed by atoms with E-state index < -0.39 is 0 Å². The maximum absolute atomic E-state index is 3.84. The summed E-state index contributed by atoms with van der Waals surface area (Å²) >= 11 is 0. The van der Waals surface area contributed by atoms with E-state index >= 15 is 0 Å². The molecule has 79 valence electrons. The molecule has 1 fully saturated rings. The minimum absolute atomic E-state index is 0.610. The second-order valence-corrected chi connectivity index (χ2v) is 4.02. The van der Waals surface area contributed by atoms with Crippen molar-refractivity contribution in [2.45, 2.75) is 25.3 Å². The van der Waals surface area contributed by atoms with E-state index in [9.17, 15) is 0 Å². The lowest BCUT2D eigenvalue weighted by Crippen LogP contribution is -2.39. The zero-order valence-corrected chi connectivity index (χ0v) is 9.10. The van der Waals surface area contributed by atoms with Crippen molar-refractivity contribution in [1.29, 1.82) is 0 Å². The third kappa shape index (κ3) is 2.41. The first-order chi connectivity index (χ1) is 7.42. The van der Waals surface area contributed by atoms with Gasteiger partial charge in [0, 0.05) is 18.3 Å². The Kier molecular flexibility index (Phi) is 3.44. The van der Waals surface area contributed by atoms with Crippen molar-refractivity contribution in [1.82, 2.24) is 0 Å². The van der Waals surface area contributed by atoms with Crippen LogP contribution < -0.4 is 4.90 Å². The zero-order valence-electron chi connectivity index (χ0n) is 9.10. The van der Waals surface area contributed by atoms with Crippen LogP contribution in [0.1, 0.15) is 19.3 Å². The quantitative estimate of drug-likeness (QED) is 0.676. The van der Waals surface area contributed by atoms with Crippen LogP contribution in [-0.2, 0) is 0 Å². The molecule has 1 radical (unpaired) electrons. The third-order valence-electron chi connectivity index (χ3n) is 2.98. The Morgan fingerprint density at radius 3 is 2.87 bits per heavy atom. The Morgan fingerprint density at radius 1 is 1.33 bits per heavy atom. The van der Waals surface area contributed by atoms with Crippen molar-refractivity contribution >= 4 is 5.69 Å². The van der Waals surface area contributed by atoms with Gasteiger partial charge in [-0.05, 0) is 37.8 Å². The van der Waals surface area contributed by atoms with Crippen molar-refractivity contribution in [3.63, 3.8) is 0 Å². The monoisotopic (exact) mass is 200 g/mol. The molecule has 1 aliphatic rings. The topological polar surface area (TPSA) is 3.24 Å². The number of rotatable bonds is 3. The first-order valence-corrected chi connectivity index (χ1v) is 5.66. The number of anilines is 1. The smallest absolute Gasteiger partial charge is 0.0368 e. The van der Waals surface area contributed by atoms with Gasteiger partial charge in [0.1, 0.15) is 0 Å². The van der Waals surface area contributed by atoms with Crippen molar-refractivity contribution in [2.24, 2.45) is 0 Å². The minimum Gasteiger partial charge on any atom is -0.368 e. The highest BCUT2D eigenvalue weighted by Gasteiger charge is 2.20. The van der Waals surface area contributed by atoms with Gasteiger partial charge < -0.3 is 4.90 Å². The van der Waals surface area contributed by atoms with Crippen LogP contribution in [0.3, 0.4) is 0 Å². The summed E-state index contributed by atoms with van der Waals surface area (Å²) in [5.41, 5.74) is 1.34. The van der Waals surface area contributed by atoms with E-state index in [0.717, 1.165) is 13.0 Å². The number of nitrogens with zero attached hydrogens (tertiary/aromatic N) is 1. The van der Waals surface area contributed by atoms with Crippen LogP contribution in [0.4, 0.5) is 5.69 Å². The Balaban J connectivity index is 2.14. The second kappa shape index (κ2) is 5.01. The molecule has 1 aromatic rings. The molecular formula is C14H18N. The van der Waals surface area contributed by atoms with E-state index in [1.807, 2.05) is 6.08 Å². The molecule has 0 bridgehead atoms. The molecule has 0 amide bonds. The molecule has 1 saturated heterocycles. The van der Waals surface area contributed by atoms with Gasteiger partial charge in [-0.2, -0.15) is 0 Å². The van der Waals surface area contributed by atoms with E-state index in [1.165, 1.54) is 18.5 Å². The molecule has 2 rings (SSSR count). The Hall–Kier alpha value is -1.24. The van der Waals surface area contributed by atoms with Crippen molar-refractivity contribution in [3.8, 4) is 0 Å². The lowest BCUT2D eigenvalue weighted by molar-refractivity contribution is 0.531. The predicted octanol–water partition coefficient (Wildman–Crippen LogP) is 3.44. The van der Waals surface area contributed by atoms with Gasteiger partial charge in [-0.15, -0.1) is 6.58 Å². The van der Waals surface area contributed by atoms with Gasteiger partial charge in [0.25, 0.3) is 0 Å².